The van der Waals surface area contributed by atoms with E-state index in [4.69, 9.17) is 4.74 Å². The summed E-state index contributed by atoms with van der Waals surface area (Å²) in [7, 11) is 0. The normalized spacial score (nSPS) is 20.4. The van der Waals surface area contributed by atoms with E-state index in [2.05, 4.69) is 31.9 Å². The Morgan fingerprint density at radius 1 is 1.47 bits per heavy atom. The molecule has 5 heteroatoms. The van der Waals surface area contributed by atoms with Crippen molar-refractivity contribution in [2.24, 2.45) is 0 Å². The maximum absolute atomic E-state index is 12.4. The molecular formula is C12H13Br2NO2. The minimum absolute atomic E-state index is 0.0557. The van der Waals surface area contributed by atoms with Crippen molar-refractivity contribution in [1.82, 2.24) is 4.90 Å². The zero-order valence-corrected chi connectivity index (χ0v) is 12.6. The quantitative estimate of drug-likeness (QED) is 0.768. The fourth-order valence-corrected chi connectivity index (χ4v) is 3.06. The fourth-order valence-electron chi connectivity index (χ4n) is 1.85. The molecule has 1 amide bonds. The third kappa shape index (κ3) is 2.89. The van der Waals surface area contributed by atoms with Crippen LogP contribution >= 0.6 is 31.9 Å². The molecule has 0 aliphatic carbocycles. The molecule has 1 aliphatic heterocycles. The van der Waals surface area contributed by atoms with Gasteiger partial charge in [-0.2, -0.15) is 0 Å². The molecule has 1 unspecified atom stereocenters. The molecule has 0 N–H and O–H groups in total. The highest BCUT2D eigenvalue weighted by Crippen LogP contribution is 2.24. The van der Waals surface area contributed by atoms with E-state index in [1.54, 1.807) is 0 Å². The van der Waals surface area contributed by atoms with Gasteiger partial charge in [0.1, 0.15) is 0 Å². The van der Waals surface area contributed by atoms with Gasteiger partial charge in [0.25, 0.3) is 5.91 Å². The summed E-state index contributed by atoms with van der Waals surface area (Å²) in [6, 6.07) is 5.73. The monoisotopic (exact) mass is 361 g/mol. The van der Waals surface area contributed by atoms with Crippen LogP contribution in [0.5, 0.6) is 0 Å². The van der Waals surface area contributed by atoms with Gasteiger partial charge in [-0.25, -0.2) is 0 Å². The molecule has 1 aromatic rings. The maximum atomic E-state index is 12.4. The average molecular weight is 363 g/mol. The number of ether oxygens (including phenoxy) is 1. The molecule has 1 aromatic carbocycles. The average Bonchev–Trinajstić information content (AvgIpc) is 2.29. The molecular weight excluding hydrogens is 350 g/mol. The lowest BCUT2D eigenvalue weighted by atomic mass is 10.1. The van der Waals surface area contributed by atoms with E-state index in [1.165, 1.54) is 0 Å². The Morgan fingerprint density at radius 2 is 2.24 bits per heavy atom. The second kappa shape index (κ2) is 5.50. The molecule has 17 heavy (non-hydrogen) atoms. The maximum Gasteiger partial charge on any atom is 0.255 e. The molecule has 0 radical (unpaired) electrons. The van der Waals surface area contributed by atoms with Crippen LogP contribution in [0.2, 0.25) is 0 Å². The van der Waals surface area contributed by atoms with Crippen LogP contribution in [-0.2, 0) is 4.74 Å². The van der Waals surface area contributed by atoms with Crippen LogP contribution in [0.1, 0.15) is 17.3 Å². The summed E-state index contributed by atoms with van der Waals surface area (Å²) < 4.78 is 7.10. The van der Waals surface area contributed by atoms with Crippen molar-refractivity contribution in [3.63, 3.8) is 0 Å². The van der Waals surface area contributed by atoms with Crippen molar-refractivity contribution in [3.05, 3.63) is 32.7 Å². The van der Waals surface area contributed by atoms with E-state index in [9.17, 15) is 4.79 Å². The standard InChI is InChI=1S/C12H13Br2NO2/c1-8-7-17-5-4-15(8)12(16)10-3-2-9(13)6-11(10)14/h2-3,6,8H,4-5,7H2,1H3. The number of nitrogens with zero attached hydrogens (tertiary/aromatic N) is 1. The zero-order valence-electron chi connectivity index (χ0n) is 9.45. The molecule has 3 nitrogen and oxygen atoms in total. The van der Waals surface area contributed by atoms with Gasteiger partial charge in [-0.1, -0.05) is 15.9 Å². The lowest BCUT2D eigenvalue weighted by Crippen LogP contribution is -2.47. The summed E-state index contributed by atoms with van der Waals surface area (Å²) in [6.45, 7) is 3.89. The molecule has 0 spiro atoms. The number of carbonyl (C=O) groups excluding carboxylic acids is 1. The van der Waals surface area contributed by atoms with Crippen LogP contribution in [0.25, 0.3) is 0 Å². The molecule has 1 saturated heterocycles. The summed E-state index contributed by atoms with van der Waals surface area (Å²) in [4.78, 5) is 14.2. The van der Waals surface area contributed by atoms with Gasteiger partial charge in [-0.3, -0.25) is 4.79 Å². The van der Waals surface area contributed by atoms with Gasteiger partial charge < -0.3 is 9.64 Å². The first-order valence-corrected chi connectivity index (χ1v) is 7.02. The summed E-state index contributed by atoms with van der Waals surface area (Å²) in [5.74, 6) is 0.0557. The molecule has 1 aliphatic rings. The van der Waals surface area contributed by atoms with Crippen molar-refractivity contribution < 1.29 is 9.53 Å². The lowest BCUT2D eigenvalue weighted by Gasteiger charge is -2.33. The van der Waals surface area contributed by atoms with Crippen LogP contribution in [-0.4, -0.2) is 36.6 Å². The van der Waals surface area contributed by atoms with Gasteiger partial charge in [0.15, 0.2) is 0 Å². The molecule has 0 aromatic heterocycles. The zero-order chi connectivity index (χ0) is 12.4. The molecule has 2 rings (SSSR count). The number of morpholine rings is 1. The molecule has 1 fully saturated rings. The lowest BCUT2D eigenvalue weighted by molar-refractivity contribution is 0.00354. The summed E-state index contributed by atoms with van der Waals surface area (Å²) in [5, 5.41) is 0. The largest absolute Gasteiger partial charge is 0.377 e. The van der Waals surface area contributed by atoms with Gasteiger partial charge in [0, 0.05) is 15.5 Å². The molecule has 0 saturated carbocycles. The smallest absolute Gasteiger partial charge is 0.255 e. The van der Waals surface area contributed by atoms with Gasteiger partial charge in [0.2, 0.25) is 0 Å². The molecule has 92 valence electrons. The van der Waals surface area contributed by atoms with Gasteiger partial charge >= 0.3 is 0 Å². The van der Waals surface area contributed by atoms with Crippen molar-refractivity contribution in [1.29, 1.82) is 0 Å². The van der Waals surface area contributed by atoms with Crippen LogP contribution in [0.15, 0.2) is 27.1 Å². The number of halogens is 2. The third-order valence-corrected chi connectivity index (χ3v) is 3.94. The number of hydrogen-bond donors (Lipinski definition) is 0. The van der Waals surface area contributed by atoms with E-state index >= 15 is 0 Å². The third-order valence-electron chi connectivity index (χ3n) is 2.79. The van der Waals surface area contributed by atoms with Crippen LogP contribution in [0.4, 0.5) is 0 Å². The first kappa shape index (κ1) is 13.1. The summed E-state index contributed by atoms with van der Waals surface area (Å²) in [6.07, 6.45) is 0. The Balaban J connectivity index is 2.24. The second-order valence-electron chi connectivity index (χ2n) is 4.05. The number of benzene rings is 1. The Hall–Kier alpha value is -0.390. The van der Waals surface area contributed by atoms with E-state index in [1.807, 2.05) is 30.0 Å². The topological polar surface area (TPSA) is 29.5 Å². The summed E-state index contributed by atoms with van der Waals surface area (Å²) in [5.41, 5.74) is 0.696. The van der Waals surface area contributed by atoms with E-state index < -0.39 is 0 Å². The predicted octanol–water partition coefficient (Wildman–Crippen LogP) is 3.07. The minimum atomic E-state index is 0.0557. The SMILES string of the molecule is CC1COCCN1C(=O)c1ccc(Br)cc1Br. The van der Waals surface area contributed by atoms with Gasteiger partial charge in [0.05, 0.1) is 24.8 Å². The second-order valence-corrected chi connectivity index (χ2v) is 5.82. The van der Waals surface area contributed by atoms with E-state index in [0.717, 1.165) is 8.95 Å². The van der Waals surface area contributed by atoms with Crippen LogP contribution < -0.4 is 0 Å². The summed E-state index contributed by atoms with van der Waals surface area (Å²) >= 11 is 6.80. The van der Waals surface area contributed by atoms with E-state index in [0.29, 0.717) is 25.3 Å². The highest BCUT2D eigenvalue weighted by atomic mass is 79.9. The highest BCUT2D eigenvalue weighted by molar-refractivity contribution is 9.11. The molecule has 1 atom stereocenters. The number of carbonyl (C=O) groups is 1. The van der Waals surface area contributed by atoms with Crippen molar-refractivity contribution in [2.75, 3.05) is 19.8 Å². The highest BCUT2D eigenvalue weighted by Gasteiger charge is 2.25. The van der Waals surface area contributed by atoms with Crippen molar-refractivity contribution in [3.8, 4) is 0 Å². The Morgan fingerprint density at radius 3 is 2.88 bits per heavy atom. The number of hydrogen-bond acceptors (Lipinski definition) is 2. The minimum Gasteiger partial charge on any atom is -0.377 e. The van der Waals surface area contributed by atoms with Crippen LogP contribution in [0.3, 0.4) is 0 Å². The van der Waals surface area contributed by atoms with Gasteiger partial charge in [-0.15, -0.1) is 0 Å². The molecule has 1 heterocycles. The number of rotatable bonds is 1. The van der Waals surface area contributed by atoms with Gasteiger partial charge in [-0.05, 0) is 41.1 Å². The Labute approximate surface area is 117 Å². The van der Waals surface area contributed by atoms with Crippen molar-refractivity contribution >= 4 is 37.8 Å². The fraction of sp³-hybridized carbons (Fsp3) is 0.417. The first-order valence-electron chi connectivity index (χ1n) is 5.43. The van der Waals surface area contributed by atoms with E-state index in [-0.39, 0.29) is 11.9 Å². The van der Waals surface area contributed by atoms with Crippen molar-refractivity contribution in [2.45, 2.75) is 13.0 Å². The Kier molecular flexibility index (Phi) is 4.22. The predicted molar refractivity (Wildman–Crippen MR) is 73.2 cm³/mol. The Bertz CT molecular complexity index is 437. The van der Waals surface area contributed by atoms with Crippen LogP contribution in [0, 0.1) is 0 Å². The first-order chi connectivity index (χ1) is 8.09. The number of amides is 1. The molecule has 0 bridgehead atoms.